The molecule has 0 saturated carbocycles. The van der Waals surface area contributed by atoms with E-state index in [1.165, 1.54) is 11.5 Å². The molecule has 0 spiro atoms. The van der Waals surface area contributed by atoms with Crippen molar-refractivity contribution in [1.82, 2.24) is 5.48 Å². The van der Waals surface area contributed by atoms with Crippen LogP contribution in [0.2, 0.25) is 0 Å². The van der Waals surface area contributed by atoms with Crippen molar-refractivity contribution in [2.24, 2.45) is 0 Å². The Kier molecular flexibility index (Phi) is 4.98. The van der Waals surface area contributed by atoms with Gasteiger partial charge in [-0.05, 0) is 42.8 Å². The number of alkyl halides is 4. The van der Waals surface area contributed by atoms with Gasteiger partial charge in [-0.1, -0.05) is 12.1 Å². The van der Waals surface area contributed by atoms with Gasteiger partial charge < -0.3 is 4.74 Å². The maximum absolute atomic E-state index is 13.9. The zero-order valence-electron chi connectivity index (χ0n) is 12.7. The van der Waals surface area contributed by atoms with Crippen LogP contribution in [0.4, 0.5) is 22.0 Å². The molecule has 0 aliphatic carbocycles. The van der Waals surface area contributed by atoms with E-state index in [-0.39, 0.29) is 17.1 Å². The van der Waals surface area contributed by atoms with Crippen LogP contribution >= 0.6 is 0 Å². The summed E-state index contributed by atoms with van der Waals surface area (Å²) in [7, 11) is 0. The summed E-state index contributed by atoms with van der Waals surface area (Å²) in [5, 5.41) is 8.47. The number of carbonyl (C=O) groups excluding carboxylic acids is 1. The topological polar surface area (TPSA) is 58.6 Å². The second-order valence-electron chi connectivity index (χ2n) is 5.21. The lowest BCUT2D eigenvalue weighted by atomic mass is 9.97. The Morgan fingerprint density at radius 3 is 2.16 bits per heavy atom. The summed E-state index contributed by atoms with van der Waals surface area (Å²) in [6.07, 6.45) is -5.08. The third kappa shape index (κ3) is 3.87. The van der Waals surface area contributed by atoms with Gasteiger partial charge in [-0.2, -0.15) is 13.2 Å². The van der Waals surface area contributed by atoms with E-state index in [1.54, 1.807) is 0 Å². The Bertz CT molecular complexity index is 772. The SMILES string of the molecule is CC(F)(c1ccc(Oc2ccc(C(=O)NO)cc2F)cc1)C(F)(F)F. The van der Waals surface area contributed by atoms with Crippen LogP contribution in [0.5, 0.6) is 11.5 Å². The molecule has 134 valence electrons. The number of halogens is 5. The molecule has 2 aromatic rings. The first-order valence-electron chi connectivity index (χ1n) is 6.84. The number of benzene rings is 2. The highest BCUT2D eigenvalue weighted by molar-refractivity contribution is 5.93. The molecule has 0 saturated heterocycles. The van der Waals surface area contributed by atoms with E-state index in [9.17, 15) is 26.7 Å². The van der Waals surface area contributed by atoms with E-state index >= 15 is 0 Å². The standard InChI is InChI=1S/C16H12F5NO3/c1-15(18,16(19,20)21)10-3-5-11(6-4-10)25-13-7-2-9(8-12(13)17)14(23)22-24/h2-8,24H,1H3,(H,22,23). The Balaban J connectivity index is 2.21. The normalized spacial score (nSPS) is 13.9. The largest absolute Gasteiger partial charge is 0.454 e. The highest BCUT2D eigenvalue weighted by atomic mass is 19.4. The maximum atomic E-state index is 13.9. The number of hydroxylamine groups is 1. The number of carbonyl (C=O) groups is 1. The van der Waals surface area contributed by atoms with Crippen molar-refractivity contribution in [3.8, 4) is 11.5 Å². The Morgan fingerprint density at radius 2 is 1.68 bits per heavy atom. The van der Waals surface area contributed by atoms with Crippen LogP contribution in [0.3, 0.4) is 0 Å². The van der Waals surface area contributed by atoms with Crippen molar-refractivity contribution in [3.63, 3.8) is 0 Å². The maximum Gasteiger partial charge on any atom is 0.426 e. The Morgan fingerprint density at radius 1 is 1.08 bits per heavy atom. The van der Waals surface area contributed by atoms with E-state index < -0.39 is 29.1 Å². The third-order valence-electron chi connectivity index (χ3n) is 3.45. The first-order valence-corrected chi connectivity index (χ1v) is 6.84. The van der Waals surface area contributed by atoms with Gasteiger partial charge in [-0.25, -0.2) is 14.3 Å². The van der Waals surface area contributed by atoms with Crippen molar-refractivity contribution in [2.75, 3.05) is 0 Å². The predicted molar refractivity (Wildman–Crippen MR) is 76.7 cm³/mol. The van der Waals surface area contributed by atoms with Gasteiger partial charge in [-0.3, -0.25) is 10.0 Å². The minimum Gasteiger partial charge on any atom is -0.454 e. The molecular formula is C16H12F5NO3. The van der Waals surface area contributed by atoms with Gasteiger partial charge >= 0.3 is 6.18 Å². The van der Waals surface area contributed by atoms with Crippen LogP contribution in [-0.4, -0.2) is 17.3 Å². The van der Waals surface area contributed by atoms with E-state index in [2.05, 4.69) is 0 Å². The van der Waals surface area contributed by atoms with Crippen LogP contribution < -0.4 is 10.2 Å². The van der Waals surface area contributed by atoms with Crippen molar-refractivity contribution in [3.05, 3.63) is 59.4 Å². The summed E-state index contributed by atoms with van der Waals surface area (Å²) in [5.74, 6) is -2.19. The molecule has 2 N–H and O–H groups in total. The van der Waals surface area contributed by atoms with Crippen LogP contribution in [0.1, 0.15) is 22.8 Å². The molecule has 2 aromatic carbocycles. The summed E-state index contributed by atoms with van der Waals surface area (Å²) in [5.41, 5.74) is -2.98. The molecule has 0 radical (unpaired) electrons. The van der Waals surface area contributed by atoms with Gasteiger partial charge in [0.05, 0.1) is 0 Å². The molecule has 25 heavy (non-hydrogen) atoms. The molecule has 1 unspecified atom stereocenters. The lowest BCUT2D eigenvalue weighted by Crippen LogP contribution is -2.34. The second-order valence-corrected chi connectivity index (χ2v) is 5.21. The van der Waals surface area contributed by atoms with Crippen molar-refractivity contribution in [1.29, 1.82) is 0 Å². The first-order chi connectivity index (χ1) is 11.6. The molecule has 1 amide bonds. The van der Waals surface area contributed by atoms with Crippen molar-refractivity contribution < 1.29 is 36.7 Å². The molecule has 1 atom stereocenters. The fourth-order valence-corrected chi connectivity index (χ4v) is 1.92. The number of hydrogen-bond acceptors (Lipinski definition) is 3. The van der Waals surface area contributed by atoms with Gasteiger partial charge in [0.15, 0.2) is 11.6 Å². The smallest absolute Gasteiger partial charge is 0.426 e. The number of rotatable bonds is 4. The molecule has 0 fully saturated rings. The van der Waals surface area contributed by atoms with Gasteiger partial charge in [0.25, 0.3) is 5.91 Å². The molecule has 0 aliphatic heterocycles. The molecule has 0 bridgehead atoms. The molecule has 0 aromatic heterocycles. The molecule has 0 heterocycles. The van der Waals surface area contributed by atoms with Gasteiger partial charge in [0.1, 0.15) is 5.75 Å². The molecule has 2 rings (SSSR count). The zero-order valence-corrected chi connectivity index (χ0v) is 12.7. The summed E-state index contributed by atoms with van der Waals surface area (Å²) in [6.45, 7) is 0.396. The van der Waals surface area contributed by atoms with E-state index in [0.29, 0.717) is 6.92 Å². The summed E-state index contributed by atoms with van der Waals surface area (Å²) in [6, 6.07) is 6.96. The lowest BCUT2D eigenvalue weighted by Gasteiger charge is -2.24. The summed E-state index contributed by atoms with van der Waals surface area (Å²) in [4.78, 5) is 11.2. The average molecular weight is 361 g/mol. The monoisotopic (exact) mass is 361 g/mol. The van der Waals surface area contributed by atoms with Gasteiger partial charge in [0.2, 0.25) is 5.67 Å². The second kappa shape index (κ2) is 6.67. The molecule has 9 heteroatoms. The molecule has 0 aliphatic rings. The van der Waals surface area contributed by atoms with Crippen molar-refractivity contribution in [2.45, 2.75) is 18.8 Å². The van der Waals surface area contributed by atoms with Crippen molar-refractivity contribution >= 4 is 5.91 Å². The fourth-order valence-electron chi connectivity index (χ4n) is 1.92. The van der Waals surface area contributed by atoms with Gasteiger partial charge in [-0.15, -0.1) is 0 Å². The average Bonchev–Trinajstić information content (AvgIpc) is 2.55. The minimum atomic E-state index is -5.08. The first kappa shape index (κ1) is 18.7. The molecular weight excluding hydrogens is 349 g/mol. The van der Waals surface area contributed by atoms with E-state index in [0.717, 1.165) is 36.4 Å². The van der Waals surface area contributed by atoms with Crippen LogP contribution in [0.15, 0.2) is 42.5 Å². The third-order valence-corrected chi connectivity index (χ3v) is 3.45. The minimum absolute atomic E-state index is 0.0278. The quantitative estimate of drug-likeness (QED) is 0.479. The summed E-state index contributed by atoms with van der Waals surface area (Å²) >= 11 is 0. The molecule has 4 nitrogen and oxygen atoms in total. The summed E-state index contributed by atoms with van der Waals surface area (Å²) < 4.78 is 70.8. The number of ether oxygens (including phenoxy) is 1. The number of hydrogen-bond donors (Lipinski definition) is 2. The van der Waals surface area contributed by atoms with E-state index in [1.807, 2.05) is 0 Å². The number of nitrogens with one attached hydrogen (secondary N) is 1. The highest BCUT2D eigenvalue weighted by Gasteiger charge is 2.53. The Hall–Kier alpha value is -2.68. The van der Waals surface area contributed by atoms with E-state index in [4.69, 9.17) is 9.94 Å². The predicted octanol–water partition coefficient (Wildman–Crippen LogP) is 4.48. The van der Waals surface area contributed by atoms with Crippen LogP contribution in [0, 0.1) is 5.82 Å². The van der Waals surface area contributed by atoms with Crippen LogP contribution in [0.25, 0.3) is 0 Å². The van der Waals surface area contributed by atoms with Crippen LogP contribution in [-0.2, 0) is 5.67 Å². The Labute approximate surface area is 138 Å². The number of amides is 1. The van der Waals surface area contributed by atoms with Gasteiger partial charge in [0, 0.05) is 5.56 Å². The lowest BCUT2D eigenvalue weighted by molar-refractivity contribution is -0.228. The highest BCUT2D eigenvalue weighted by Crippen LogP contribution is 2.42. The zero-order chi connectivity index (χ0) is 18.8. The fraction of sp³-hybridized carbons (Fsp3) is 0.188.